The third-order valence-corrected chi connectivity index (χ3v) is 7.90. The first-order valence-corrected chi connectivity index (χ1v) is 13.2. The molecule has 1 fully saturated rings. The van der Waals surface area contributed by atoms with Gasteiger partial charge in [0, 0.05) is 43.9 Å². The normalized spacial score (nSPS) is 20.7. The van der Waals surface area contributed by atoms with E-state index in [0.717, 1.165) is 37.1 Å². The summed E-state index contributed by atoms with van der Waals surface area (Å²) in [6, 6.07) is 6.14. The highest BCUT2D eigenvalue weighted by Crippen LogP contribution is 2.36. The number of hydrogen-bond donors (Lipinski definition) is 0. The topological polar surface area (TPSA) is 72.9 Å². The van der Waals surface area contributed by atoms with Crippen molar-refractivity contribution in [3.63, 3.8) is 0 Å². The van der Waals surface area contributed by atoms with Crippen LogP contribution in [0.3, 0.4) is 0 Å². The van der Waals surface area contributed by atoms with E-state index in [0.29, 0.717) is 32.2 Å². The molecule has 0 saturated carbocycles. The number of alkyl halides is 3. The maximum atomic E-state index is 13.4. The van der Waals surface area contributed by atoms with Crippen molar-refractivity contribution >= 4 is 15.7 Å². The lowest BCUT2D eigenvalue weighted by Gasteiger charge is -2.26. The minimum absolute atomic E-state index is 0.00971. The zero-order chi connectivity index (χ0) is 24.7. The van der Waals surface area contributed by atoms with Gasteiger partial charge in [-0.3, -0.25) is 4.79 Å². The van der Waals surface area contributed by atoms with Crippen LogP contribution in [0, 0.1) is 0 Å². The third-order valence-electron chi connectivity index (χ3n) is 6.62. The summed E-state index contributed by atoms with van der Waals surface area (Å²) in [6.45, 7) is 2.91. The van der Waals surface area contributed by atoms with E-state index in [1.165, 1.54) is 16.5 Å². The van der Waals surface area contributed by atoms with Crippen molar-refractivity contribution in [3.05, 3.63) is 57.2 Å². The molecule has 3 aliphatic rings. The van der Waals surface area contributed by atoms with Crippen molar-refractivity contribution in [2.24, 2.45) is 0 Å². The number of sulfone groups is 1. The summed E-state index contributed by atoms with van der Waals surface area (Å²) < 4.78 is 74.1. The van der Waals surface area contributed by atoms with Crippen molar-refractivity contribution in [1.29, 1.82) is 0 Å². The van der Waals surface area contributed by atoms with Crippen LogP contribution in [0.1, 0.15) is 55.2 Å². The first-order chi connectivity index (χ1) is 15.9. The van der Waals surface area contributed by atoms with E-state index >= 15 is 0 Å². The van der Waals surface area contributed by atoms with Crippen molar-refractivity contribution < 1.29 is 35.9 Å². The molecule has 6 nitrogen and oxygen atoms in total. The van der Waals surface area contributed by atoms with Crippen molar-refractivity contribution in [2.75, 3.05) is 19.5 Å². The second kappa shape index (κ2) is 9.37. The van der Waals surface area contributed by atoms with E-state index in [9.17, 15) is 26.4 Å². The lowest BCUT2D eigenvalue weighted by Crippen LogP contribution is -2.32. The maximum Gasteiger partial charge on any atom is 0.425 e. The molecule has 2 aliphatic heterocycles. The Hall–Kier alpha value is -2.33. The number of hydrogen-bond acceptors (Lipinski definition) is 5. The molecule has 1 aliphatic carbocycles. The van der Waals surface area contributed by atoms with Gasteiger partial charge < -0.3 is 14.4 Å². The molecule has 1 aromatic carbocycles. The first-order valence-electron chi connectivity index (χ1n) is 11.3. The first kappa shape index (κ1) is 24.8. The monoisotopic (exact) mass is 499 g/mol. The minimum atomic E-state index is -4.60. The fourth-order valence-electron chi connectivity index (χ4n) is 4.57. The highest BCUT2D eigenvalue weighted by molar-refractivity contribution is 7.94. The van der Waals surface area contributed by atoms with Crippen LogP contribution >= 0.6 is 0 Å². The summed E-state index contributed by atoms with van der Waals surface area (Å²) in [6.07, 6.45) is -2.75. The summed E-state index contributed by atoms with van der Waals surface area (Å²) >= 11 is 0. The van der Waals surface area contributed by atoms with Gasteiger partial charge in [0.2, 0.25) is 0 Å². The van der Waals surface area contributed by atoms with Gasteiger partial charge in [-0.1, -0.05) is 18.2 Å². The van der Waals surface area contributed by atoms with Crippen LogP contribution in [0.15, 0.2) is 40.5 Å². The second-order valence-corrected chi connectivity index (χ2v) is 11.2. The van der Waals surface area contributed by atoms with Crippen molar-refractivity contribution in [2.45, 2.75) is 63.9 Å². The number of carbonyl (C=O) groups excluding carboxylic acids is 1. The number of amides is 1. The maximum absolute atomic E-state index is 13.4. The molecule has 0 radical (unpaired) electrons. The molecular formula is C24H28F3NO5S. The molecule has 10 heteroatoms. The number of halogens is 3. The predicted octanol–water partition coefficient (Wildman–Crippen LogP) is 4.37. The van der Waals surface area contributed by atoms with Crippen molar-refractivity contribution in [1.82, 2.24) is 4.90 Å². The number of allylic oxidation sites excluding steroid dienone is 2. The Balaban J connectivity index is 1.60. The molecule has 0 bridgehead atoms. The molecule has 34 heavy (non-hydrogen) atoms. The number of carbonyl (C=O) groups is 1. The van der Waals surface area contributed by atoms with Gasteiger partial charge in [-0.05, 0) is 54.9 Å². The zero-order valence-electron chi connectivity index (χ0n) is 19.2. The highest BCUT2D eigenvalue weighted by Gasteiger charge is 2.40. The Kier molecular flexibility index (Phi) is 6.83. The van der Waals surface area contributed by atoms with Crippen LogP contribution < -0.4 is 0 Å². The fraction of sp³-hybridized carbons (Fsp3) is 0.542. The van der Waals surface area contributed by atoms with Crippen LogP contribution in [0.25, 0.3) is 0 Å². The van der Waals surface area contributed by atoms with Crippen LogP contribution in [0.4, 0.5) is 13.2 Å². The molecule has 1 atom stereocenters. The molecule has 4 rings (SSSR count). The number of rotatable bonds is 5. The lowest BCUT2D eigenvalue weighted by atomic mass is 9.90. The fourth-order valence-corrected chi connectivity index (χ4v) is 5.38. The third kappa shape index (κ3) is 5.33. The number of nitrogens with zero attached hydrogens (tertiary/aromatic N) is 1. The van der Waals surface area contributed by atoms with Crippen LogP contribution in [-0.4, -0.2) is 51.0 Å². The lowest BCUT2D eigenvalue weighted by molar-refractivity contribution is -0.204. The highest BCUT2D eigenvalue weighted by atomic mass is 32.2. The molecule has 0 spiro atoms. The minimum Gasteiger partial charge on any atom is -0.485 e. The average Bonchev–Trinajstić information content (AvgIpc) is 3.21. The summed E-state index contributed by atoms with van der Waals surface area (Å²) in [5, 5.41) is 0. The largest absolute Gasteiger partial charge is 0.485 e. The van der Waals surface area contributed by atoms with Crippen LogP contribution in [0.5, 0.6) is 0 Å². The molecule has 186 valence electrons. The molecule has 0 aromatic heterocycles. The van der Waals surface area contributed by atoms with Gasteiger partial charge in [0.15, 0.2) is 15.9 Å². The molecule has 1 aromatic rings. The Morgan fingerprint density at radius 3 is 2.47 bits per heavy atom. The SMILES string of the molecule is C[C@H](OC1=C(C(=O)N2Cc3ccc(C4CCOCC4)cc3C2)C=C(S(C)(=O)=O)CC1)C(F)(F)F. The summed E-state index contributed by atoms with van der Waals surface area (Å²) in [7, 11) is -3.60. The number of ether oxygens (including phenoxy) is 2. The van der Waals surface area contributed by atoms with E-state index in [1.807, 2.05) is 6.07 Å². The van der Waals surface area contributed by atoms with Crippen LogP contribution in [0.2, 0.25) is 0 Å². The van der Waals surface area contributed by atoms with Crippen molar-refractivity contribution in [3.8, 4) is 0 Å². The molecule has 1 saturated heterocycles. The summed E-state index contributed by atoms with van der Waals surface area (Å²) in [4.78, 5) is 15.0. The quantitative estimate of drug-likeness (QED) is 0.602. The summed E-state index contributed by atoms with van der Waals surface area (Å²) in [5.74, 6) is -0.260. The van der Waals surface area contributed by atoms with Gasteiger partial charge in [-0.25, -0.2) is 8.42 Å². The summed E-state index contributed by atoms with van der Waals surface area (Å²) in [5.41, 5.74) is 3.03. The predicted molar refractivity (Wildman–Crippen MR) is 119 cm³/mol. The Morgan fingerprint density at radius 1 is 1.15 bits per heavy atom. The molecule has 0 N–H and O–H groups in total. The Labute approximate surface area is 197 Å². The van der Waals surface area contributed by atoms with Gasteiger partial charge in [-0.15, -0.1) is 0 Å². The Bertz CT molecular complexity index is 1130. The van der Waals surface area contributed by atoms with Gasteiger partial charge >= 0.3 is 6.18 Å². The number of fused-ring (bicyclic) bond motifs is 1. The van der Waals surface area contributed by atoms with E-state index < -0.39 is 28.0 Å². The van der Waals surface area contributed by atoms with E-state index in [4.69, 9.17) is 9.47 Å². The smallest absolute Gasteiger partial charge is 0.425 e. The van der Waals surface area contributed by atoms with E-state index in [2.05, 4.69) is 12.1 Å². The second-order valence-electron chi connectivity index (χ2n) is 9.10. The van der Waals surface area contributed by atoms with Gasteiger partial charge in [0.1, 0.15) is 5.76 Å². The molecular weight excluding hydrogens is 471 g/mol. The molecule has 1 amide bonds. The molecule has 2 heterocycles. The Morgan fingerprint density at radius 2 is 1.82 bits per heavy atom. The van der Waals surface area contributed by atoms with Gasteiger partial charge in [-0.2, -0.15) is 13.2 Å². The van der Waals surface area contributed by atoms with E-state index in [1.54, 1.807) is 0 Å². The molecule has 0 unspecified atom stereocenters. The zero-order valence-corrected chi connectivity index (χ0v) is 20.0. The number of benzene rings is 1. The van der Waals surface area contributed by atoms with E-state index in [-0.39, 0.29) is 29.1 Å². The van der Waals surface area contributed by atoms with Gasteiger partial charge in [0.25, 0.3) is 5.91 Å². The average molecular weight is 500 g/mol. The van der Waals surface area contributed by atoms with Crippen LogP contribution in [-0.2, 0) is 37.2 Å². The van der Waals surface area contributed by atoms with Gasteiger partial charge in [0.05, 0.1) is 5.57 Å². The standard InChI is InChI=1S/C24H28F3NO5S/c1-15(24(25,26)27)33-22-6-5-20(34(2,30)31)12-21(22)23(29)28-13-18-4-3-17(11-19(18)14-28)16-7-9-32-10-8-16/h3-4,11-12,15-16H,5-10,13-14H2,1-2H3/t15-/m0/s1.